The molecule has 1 spiro atoms. The minimum Gasteiger partial charge on any atom is -0.459 e. The van der Waals surface area contributed by atoms with Gasteiger partial charge < -0.3 is 54.7 Å². The number of allylic oxidation sites excluding steroid dienone is 1. The van der Waals surface area contributed by atoms with Crippen LogP contribution in [0.15, 0.2) is 11.6 Å². The van der Waals surface area contributed by atoms with Crippen LogP contribution in [0.1, 0.15) is 99.8 Å². The molecule has 6 rings (SSSR count). The Morgan fingerprint density at radius 1 is 1.02 bits per heavy atom. The lowest BCUT2D eigenvalue weighted by Crippen LogP contribution is -2.70. The first kappa shape index (κ1) is 37.1. The Labute approximate surface area is 287 Å². The molecule has 7 N–H and O–H groups in total. The van der Waals surface area contributed by atoms with E-state index in [2.05, 4.69) is 20.8 Å². The predicted octanol–water partition coefficient (Wildman–Crippen LogP) is 1.21. The second-order valence-electron chi connectivity index (χ2n) is 17.4. The van der Waals surface area contributed by atoms with E-state index in [0.717, 1.165) is 12.0 Å². The molecule has 13 nitrogen and oxygen atoms in total. The number of ether oxygens (including phenoxy) is 4. The van der Waals surface area contributed by atoms with Gasteiger partial charge in [0.25, 0.3) is 0 Å². The van der Waals surface area contributed by atoms with Crippen LogP contribution in [0.2, 0.25) is 0 Å². The molecule has 14 atom stereocenters. The number of carbonyl (C=O) groups excluding carboxylic acids is 2. The Bertz CT molecular complexity index is 1370. The van der Waals surface area contributed by atoms with E-state index < -0.39 is 87.4 Å². The Morgan fingerprint density at radius 3 is 2.33 bits per heavy atom. The molecule has 2 aliphatic heterocycles. The number of carbonyl (C=O) groups is 2. The van der Waals surface area contributed by atoms with Gasteiger partial charge in [-0.05, 0) is 86.9 Å². The van der Waals surface area contributed by atoms with E-state index >= 15 is 0 Å². The average molecular weight is 697 g/mol. The van der Waals surface area contributed by atoms with Gasteiger partial charge in [0.15, 0.2) is 17.7 Å². The SMILES string of the molecule is CC(=O)O[C@@H]1C[C@@]2(C)C3CCC4C(C)(C)[C@@H](OC5OC[C@@H](O)[C@H](O)[C@H]5O)CC[C@]4(C)C3=C[C@H](O)C23C(=O)O[C@@](C)(CCCC(C)(O)O)[C@@]13O. The average Bonchev–Trinajstić information content (AvgIpc) is 3.30. The summed E-state index contributed by atoms with van der Waals surface area (Å²) in [4.78, 5) is 26.9. The van der Waals surface area contributed by atoms with E-state index in [1.807, 2.05) is 6.92 Å². The number of hydrogen-bond acceptors (Lipinski definition) is 13. The molecule has 5 fully saturated rings. The lowest BCUT2D eigenvalue weighted by molar-refractivity contribution is -0.302. The summed E-state index contributed by atoms with van der Waals surface area (Å²) in [5.41, 5.74) is -6.58. The van der Waals surface area contributed by atoms with Crippen molar-refractivity contribution in [1.29, 1.82) is 0 Å². The van der Waals surface area contributed by atoms with Gasteiger partial charge >= 0.3 is 11.9 Å². The molecule has 0 radical (unpaired) electrons. The van der Waals surface area contributed by atoms with Gasteiger partial charge in [0.2, 0.25) is 0 Å². The standard InChI is InChI=1S/C36H56O13/c1-18(37)47-25-16-32(5)19-9-10-22-30(2,3)24(48-28-27(41)26(40)21(38)17-46-28)11-14-31(22,4)20(19)15-23(39)35(32)29(42)49-33(6,36(25,35)45)12-8-13-34(7,43)44/h15,19,21-28,38-41,43-45H,8-14,16-17H2,1-7H3/t19?,21-,22?,23+,24+,25-,26+,27-,28?,31-,32+,33+,35?,36+/m1/s1. The number of aliphatic hydroxyl groups is 7. The van der Waals surface area contributed by atoms with E-state index in [0.29, 0.717) is 19.3 Å². The molecule has 2 heterocycles. The van der Waals surface area contributed by atoms with Gasteiger partial charge in [-0.2, -0.15) is 0 Å². The fourth-order valence-electron chi connectivity index (χ4n) is 11.8. The van der Waals surface area contributed by atoms with E-state index in [9.17, 15) is 45.3 Å². The van der Waals surface area contributed by atoms with Gasteiger partial charge in [0.1, 0.15) is 35.4 Å². The third kappa shape index (κ3) is 4.97. The first-order chi connectivity index (χ1) is 22.5. The number of hydrogen-bond donors (Lipinski definition) is 7. The third-order valence-corrected chi connectivity index (χ3v) is 14.1. The first-order valence-corrected chi connectivity index (χ1v) is 17.8. The van der Waals surface area contributed by atoms with Crippen molar-refractivity contribution in [3.63, 3.8) is 0 Å². The molecule has 0 aromatic heterocycles. The van der Waals surface area contributed by atoms with Gasteiger partial charge in [-0.15, -0.1) is 0 Å². The van der Waals surface area contributed by atoms with Crippen LogP contribution in [0.25, 0.3) is 0 Å². The molecule has 278 valence electrons. The highest BCUT2D eigenvalue weighted by Crippen LogP contribution is 2.77. The second-order valence-corrected chi connectivity index (χ2v) is 17.4. The summed E-state index contributed by atoms with van der Waals surface area (Å²) in [7, 11) is 0. The van der Waals surface area contributed by atoms with Crippen LogP contribution in [0.4, 0.5) is 0 Å². The molecule has 13 heteroatoms. The number of rotatable bonds is 7. The van der Waals surface area contributed by atoms with Crippen LogP contribution < -0.4 is 0 Å². The molecule has 3 saturated carbocycles. The monoisotopic (exact) mass is 696 g/mol. The van der Waals surface area contributed by atoms with Crippen molar-refractivity contribution in [2.45, 2.75) is 160 Å². The molecule has 4 aliphatic carbocycles. The maximum atomic E-state index is 14.4. The molecule has 49 heavy (non-hydrogen) atoms. The summed E-state index contributed by atoms with van der Waals surface area (Å²) < 4.78 is 23.8. The summed E-state index contributed by atoms with van der Waals surface area (Å²) in [6.07, 6.45) is -3.52. The minimum absolute atomic E-state index is 0.0407. The zero-order chi connectivity index (χ0) is 36.3. The molecule has 2 saturated heterocycles. The van der Waals surface area contributed by atoms with Crippen molar-refractivity contribution in [1.82, 2.24) is 0 Å². The molecule has 0 aromatic rings. The van der Waals surface area contributed by atoms with Gasteiger partial charge in [0.05, 0.1) is 18.8 Å². The molecule has 4 unspecified atom stereocenters. The Kier molecular flexibility index (Phi) is 8.83. The fourth-order valence-corrected chi connectivity index (χ4v) is 11.8. The van der Waals surface area contributed by atoms with E-state index in [-0.39, 0.29) is 50.2 Å². The minimum atomic E-state index is -2.12. The van der Waals surface area contributed by atoms with Crippen molar-refractivity contribution in [2.75, 3.05) is 6.61 Å². The first-order valence-electron chi connectivity index (χ1n) is 17.8. The summed E-state index contributed by atoms with van der Waals surface area (Å²) >= 11 is 0. The van der Waals surface area contributed by atoms with E-state index in [1.54, 1.807) is 13.0 Å². The maximum absolute atomic E-state index is 14.4. The van der Waals surface area contributed by atoms with Crippen LogP contribution in [0.5, 0.6) is 0 Å². The van der Waals surface area contributed by atoms with Crippen molar-refractivity contribution in [2.24, 2.45) is 33.5 Å². The highest BCUT2D eigenvalue weighted by molar-refractivity contribution is 5.87. The van der Waals surface area contributed by atoms with Crippen molar-refractivity contribution >= 4 is 11.9 Å². The predicted molar refractivity (Wildman–Crippen MR) is 171 cm³/mol. The normalized spacial score (nSPS) is 50.4. The second kappa shape index (κ2) is 11.7. The van der Waals surface area contributed by atoms with Crippen LogP contribution in [0, 0.1) is 33.5 Å². The van der Waals surface area contributed by atoms with Crippen molar-refractivity contribution in [3.8, 4) is 0 Å². The van der Waals surface area contributed by atoms with Crippen LogP contribution in [-0.4, -0.2) is 114 Å². The largest absolute Gasteiger partial charge is 0.459 e. The van der Waals surface area contributed by atoms with Gasteiger partial charge in [-0.3, -0.25) is 9.59 Å². The third-order valence-electron chi connectivity index (χ3n) is 14.1. The quantitative estimate of drug-likeness (QED) is 0.0865. The number of fused-ring (bicyclic) bond motifs is 4. The summed E-state index contributed by atoms with van der Waals surface area (Å²) in [5, 5.41) is 76.0. The van der Waals surface area contributed by atoms with Crippen LogP contribution in [0.3, 0.4) is 0 Å². The van der Waals surface area contributed by atoms with Crippen molar-refractivity contribution in [3.05, 3.63) is 11.6 Å². The Hall–Kier alpha value is -1.68. The highest BCUT2D eigenvalue weighted by atomic mass is 16.7. The molecular formula is C36H56O13. The summed E-state index contributed by atoms with van der Waals surface area (Å²) in [6, 6.07) is 0. The van der Waals surface area contributed by atoms with Gasteiger partial charge in [-0.25, -0.2) is 0 Å². The Balaban J connectivity index is 1.36. The van der Waals surface area contributed by atoms with Crippen molar-refractivity contribution < 1.29 is 64.3 Å². The fraction of sp³-hybridized carbons (Fsp3) is 0.889. The molecule has 0 aromatic carbocycles. The zero-order valence-corrected chi connectivity index (χ0v) is 29.7. The van der Waals surface area contributed by atoms with Gasteiger partial charge in [0, 0.05) is 13.3 Å². The van der Waals surface area contributed by atoms with Crippen LogP contribution in [-0.2, 0) is 28.5 Å². The molecule has 6 aliphatic rings. The smallest absolute Gasteiger partial charge is 0.319 e. The topological polar surface area (TPSA) is 213 Å². The maximum Gasteiger partial charge on any atom is 0.319 e. The number of esters is 2. The lowest BCUT2D eigenvalue weighted by atomic mass is 9.40. The van der Waals surface area contributed by atoms with E-state index in [1.165, 1.54) is 13.8 Å². The number of aliphatic hydroxyl groups excluding tert-OH is 4. The molecular weight excluding hydrogens is 640 g/mol. The Morgan fingerprint density at radius 2 is 1.69 bits per heavy atom. The van der Waals surface area contributed by atoms with Crippen LogP contribution >= 0.6 is 0 Å². The molecule has 0 amide bonds. The molecule has 0 bridgehead atoms. The summed E-state index contributed by atoms with van der Waals surface area (Å²) in [6.45, 7) is 12.2. The van der Waals surface area contributed by atoms with E-state index in [4.69, 9.17) is 18.9 Å². The highest BCUT2D eigenvalue weighted by Gasteiger charge is 2.89. The summed E-state index contributed by atoms with van der Waals surface area (Å²) in [5.74, 6) is -3.59. The number of cyclic esters (lactones) is 1. The van der Waals surface area contributed by atoms with Gasteiger partial charge in [-0.1, -0.05) is 39.3 Å². The lowest BCUT2D eigenvalue weighted by Gasteiger charge is -2.64. The zero-order valence-electron chi connectivity index (χ0n) is 29.7.